The van der Waals surface area contributed by atoms with Gasteiger partial charge in [0, 0.05) is 17.8 Å². The maximum atomic E-state index is 12.4. The first-order valence-electron chi connectivity index (χ1n) is 11.1. The molecule has 1 N–H and O–H groups in total. The minimum Gasteiger partial charge on any atom is -0.457 e. The highest BCUT2D eigenvalue weighted by molar-refractivity contribution is 8.01. The van der Waals surface area contributed by atoms with Crippen LogP contribution in [0.15, 0.2) is 71.1 Å². The number of hydrogen-bond acceptors (Lipinski definition) is 7. The van der Waals surface area contributed by atoms with Crippen molar-refractivity contribution >= 4 is 50.6 Å². The van der Waals surface area contributed by atoms with Gasteiger partial charge in [-0.15, -0.1) is 11.3 Å². The molecule has 3 aromatic carbocycles. The van der Waals surface area contributed by atoms with E-state index >= 15 is 0 Å². The van der Waals surface area contributed by atoms with Crippen molar-refractivity contribution in [2.24, 2.45) is 0 Å². The van der Waals surface area contributed by atoms with Crippen molar-refractivity contribution in [3.63, 3.8) is 0 Å². The van der Waals surface area contributed by atoms with E-state index in [1.165, 1.54) is 40.8 Å². The average Bonchev–Trinajstić information content (AvgIpc) is 3.26. The maximum absolute atomic E-state index is 12.4. The number of nitro groups is 1. The molecule has 0 bridgehead atoms. The first-order valence-corrected chi connectivity index (χ1v) is 12.9. The molecule has 0 radical (unpaired) electrons. The first-order chi connectivity index (χ1) is 16.7. The van der Waals surface area contributed by atoms with E-state index in [1.807, 2.05) is 24.3 Å². The Morgan fingerprint density at radius 2 is 1.74 bits per heavy atom. The van der Waals surface area contributed by atoms with Crippen molar-refractivity contribution in [2.45, 2.75) is 36.9 Å². The van der Waals surface area contributed by atoms with Crippen LogP contribution >= 0.6 is 23.1 Å². The number of fused-ring (bicyclic) bond motifs is 1. The molecule has 0 aliphatic heterocycles. The molecule has 0 aliphatic carbocycles. The Morgan fingerprint density at radius 3 is 2.37 bits per heavy atom. The summed E-state index contributed by atoms with van der Waals surface area (Å²) in [4.78, 5) is 27.3. The van der Waals surface area contributed by atoms with Crippen molar-refractivity contribution in [2.75, 3.05) is 11.1 Å². The van der Waals surface area contributed by atoms with Gasteiger partial charge in [0.15, 0.2) is 4.34 Å². The standard InChI is InChI=1S/C26H25N3O4S2/c1-4-26(2,3)17-5-10-20(11-6-17)33-21-12-7-18(8-13-21)27-24(30)16-34-25-28-22-14-9-19(29(31)32)15-23(22)35-25/h5-15H,4,16H2,1-3H3,(H,27,30). The molecular formula is C26H25N3O4S2. The summed E-state index contributed by atoms with van der Waals surface area (Å²) in [6.07, 6.45) is 1.06. The lowest BCUT2D eigenvalue weighted by Gasteiger charge is -2.23. The molecule has 0 spiro atoms. The lowest BCUT2D eigenvalue weighted by Crippen LogP contribution is -2.14. The van der Waals surface area contributed by atoms with E-state index in [4.69, 9.17) is 4.74 Å². The Bertz CT molecular complexity index is 1350. The largest absolute Gasteiger partial charge is 0.457 e. The number of nitrogens with zero attached hydrogens (tertiary/aromatic N) is 2. The number of thioether (sulfide) groups is 1. The summed E-state index contributed by atoms with van der Waals surface area (Å²) >= 11 is 2.63. The van der Waals surface area contributed by atoms with Crippen molar-refractivity contribution in [1.29, 1.82) is 0 Å². The number of aromatic nitrogens is 1. The molecule has 35 heavy (non-hydrogen) atoms. The number of hydrogen-bond donors (Lipinski definition) is 1. The number of thiazole rings is 1. The van der Waals surface area contributed by atoms with Crippen LogP contribution in [0.5, 0.6) is 11.5 Å². The quantitative estimate of drug-likeness (QED) is 0.144. The monoisotopic (exact) mass is 507 g/mol. The highest BCUT2D eigenvalue weighted by Crippen LogP contribution is 2.32. The first kappa shape index (κ1) is 24.7. The Balaban J connectivity index is 1.30. The van der Waals surface area contributed by atoms with E-state index in [0.717, 1.165) is 16.9 Å². The van der Waals surface area contributed by atoms with Crippen molar-refractivity contribution in [3.05, 3.63) is 82.4 Å². The van der Waals surface area contributed by atoms with Gasteiger partial charge in [0.25, 0.3) is 5.69 Å². The molecule has 7 nitrogen and oxygen atoms in total. The third-order valence-electron chi connectivity index (χ3n) is 5.78. The smallest absolute Gasteiger partial charge is 0.270 e. The van der Waals surface area contributed by atoms with Gasteiger partial charge < -0.3 is 10.1 Å². The van der Waals surface area contributed by atoms with Crippen LogP contribution in [0.2, 0.25) is 0 Å². The number of benzene rings is 3. The topological polar surface area (TPSA) is 94.4 Å². The van der Waals surface area contributed by atoms with E-state index in [0.29, 0.717) is 21.3 Å². The van der Waals surface area contributed by atoms with E-state index < -0.39 is 4.92 Å². The normalized spacial score (nSPS) is 11.4. The number of nitrogens with one attached hydrogen (secondary N) is 1. The van der Waals surface area contributed by atoms with Crippen LogP contribution < -0.4 is 10.1 Å². The van der Waals surface area contributed by atoms with E-state index in [2.05, 4.69) is 43.2 Å². The Kier molecular flexibility index (Phi) is 7.37. The molecule has 4 aromatic rings. The summed E-state index contributed by atoms with van der Waals surface area (Å²) in [5, 5.41) is 13.8. The number of anilines is 1. The van der Waals surface area contributed by atoms with Gasteiger partial charge in [0.05, 0.1) is 20.9 Å². The molecule has 0 aliphatic rings. The van der Waals surface area contributed by atoms with Crippen LogP contribution in [0.4, 0.5) is 11.4 Å². The van der Waals surface area contributed by atoms with Crippen LogP contribution in [-0.2, 0) is 10.2 Å². The summed E-state index contributed by atoms with van der Waals surface area (Å²) in [7, 11) is 0. The SMILES string of the molecule is CCC(C)(C)c1ccc(Oc2ccc(NC(=O)CSc3nc4ccc([N+](=O)[O-])cc4s3)cc2)cc1. The van der Waals surface area contributed by atoms with Gasteiger partial charge in [0.1, 0.15) is 11.5 Å². The van der Waals surface area contributed by atoms with Crippen molar-refractivity contribution in [1.82, 2.24) is 4.98 Å². The number of amides is 1. The predicted molar refractivity (Wildman–Crippen MR) is 142 cm³/mol. The summed E-state index contributed by atoms with van der Waals surface area (Å²) in [6.45, 7) is 6.63. The minimum atomic E-state index is -0.431. The molecule has 0 unspecified atom stereocenters. The summed E-state index contributed by atoms with van der Waals surface area (Å²) in [5.74, 6) is 1.46. The molecule has 1 aromatic heterocycles. The molecule has 0 saturated carbocycles. The zero-order valence-corrected chi connectivity index (χ0v) is 21.2. The highest BCUT2D eigenvalue weighted by atomic mass is 32.2. The maximum Gasteiger partial charge on any atom is 0.270 e. The van der Waals surface area contributed by atoms with Gasteiger partial charge in [-0.2, -0.15) is 0 Å². The lowest BCUT2D eigenvalue weighted by molar-refractivity contribution is -0.384. The van der Waals surface area contributed by atoms with Gasteiger partial charge in [-0.1, -0.05) is 44.7 Å². The van der Waals surface area contributed by atoms with Crippen LogP contribution in [0.25, 0.3) is 10.2 Å². The van der Waals surface area contributed by atoms with E-state index in [-0.39, 0.29) is 22.8 Å². The van der Waals surface area contributed by atoms with Gasteiger partial charge in [-0.3, -0.25) is 14.9 Å². The summed E-state index contributed by atoms with van der Waals surface area (Å²) in [6, 6.07) is 19.9. The van der Waals surface area contributed by atoms with Crippen LogP contribution in [-0.4, -0.2) is 21.6 Å². The Hall–Kier alpha value is -3.43. The molecule has 180 valence electrons. The number of ether oxygens (including phenoxy) is 1. The van der Waals surface area contributed by atoms with Gasteiger partial charge in [-0.25, -0.2) is 4.98 Å². The predicted octanol–water partition coefficient (Wildman–Crippen LogP) is 7.42. The van der Waals surface area contributed by atoms with Crippen LogP contribution in [0, 0.1) is 10.1 Å². The van der Waals surface area contributed by atoms with Crippen LogP contribution in [0.1, 0.15) is 32.8 Å². The molecule has 9 heteroatoms. The molecule has 0 atom stereocenters. The fourth-order valence-corrected chi connectivity index (χ4v) is 5.21. The van der Waals surface area contributed by atoms with Gasteiger partial charge in [-0.05, 0) is 59.9 Å². The van der Waals surface area contributed by atoms with E-state index in [9.17, 15) is 14.9 Å². The number of carbonyl (C=O) groups excluding carboxylic acids is 1. The van der Waals surface area contributed by atoms with Crippen molar-refractivity contribution < 1.29 is 14.5 Å². The number of rotatable bonds is 9. The average molecular weight is 508 g/mol. The second-order valence-corrected chi connectivity index (χ2v) is 10.9. The number of nitro benzene ring substituents is 1. The molecule has 1 amide bonds. The molecule has 0 fully saturated rings. The second-order valence-electron chi connectivity index (χ2n) is 8.61. The molecule has 1 heterocycles. The second kappa shape index (κ2) is 10.5. The molecular weight excluding hydrogens is 482 g/mol. The minimum absolute atomic E-state index is 0.0281. The third kappa shape index (κ3) is 6.17. The zero-order valence-electron chi connectivity index (χ0n) is 19.6. The Labute approximate surface area is 211 Å². The number of carbonyl (C=O) groups is 1. The summed E-state index contributed by atoms with van der Waals surface area (Å²) < 4.78 is 7.34. The highest BCUT2D eigenvalue weighted by Gasteiger charge is 2.17. The fourth-order valence-electron chi connectivity index (χ4n) is 3.31. The van der Waals surface area contributed by atoms with E-state index in [1.54, 1.807) is 18.2 Å². The Morgan fingerprint density at radius 1 is 1.09 bits per heavy atom. The third-order valence-corrected chi connectivity index (χ3v) is 7.94. The van der Waals surface area contributed by atoms with Gasteiger partial charge in [0.2, 0.25) is 5.91 Å². The van der Waals surface area contributed by atoms with Crippen molar-refractivity contribution in [3.8, 4) is 11.5 Å². The lowest BCUT2D eigenvalue weighted by atomic mass is 9.82. The molecule has 4 rings (SSSR count). The zero-order chi connectivity index (χ0) is 25.0. The number of non-ortho nitro benzene ring substituents is 1. The van der Waals surface area contributed by atoms with Crippen LogP contribution in [0.3, 0.4) is 0 Å². The molecule has 0 saturated heterocycles. The fraction of sp³-hybridized carbons (Fsp3) is 0.231. The van der Waals surface area contributed by atoms with Gasteiger partial charge >= 0.3 is 0 Å². The summed E-state index contributed by atoms with van der Waals surface area (Å²) in [5.41, 5.74) is 2.78.